The molecule has 2 aromatic rings. The molecule has 8 nitrogen and oxygen atoms in total. The Kier molecular flexibility index (Phi) is 6.64. The van der Waals surface area contributed by atoms with Crippen LogP contribution < -0.4 is 10.0 Å². The second-order valence-electron chi connectivity index (χ2n) is 6.90. The van der Waals surface area contributed by atoms with Gasteiger partial charge in [0.25, 0.3) is 5.91 Å². The summed E-state index contributed by atoms with van der Waals surface area (Å²) in [4.78, 5) is 18.9. The Balaban J connectivity index is 1.70. The molecule has 1 saturated heterocycles. The van der Waals surface area contributed by atoms with Crippen LogP contribution in [0.2, 0.25) is 0 Å². The normalized spacial score (nSPS) is 20.6. The van der Waals surface area contributed by atoms with Crippen LogP contribution in [0.1, 0.15) is 29.9 Å². The molecule has 1 aliphatic rings. The van der Waals surface area contributed by atoms with Crippen molar-refractivity contribution >= 4 is 32.4 Å². The van der Waals surface area contributed by atoms with E-state index in [2.05, 4.69) is 19.9 Å². The molecular formula is C18H23FN4O4S2. The lowest BCUT2D eigenvalue weighted by Crippen LogP contribution is -2.44. The maximum absolute atomic E-state index is 14.1. The molecule has 158 valence electrons. The molecule has 1 fully saturated rings. The molecule has 1 amide bonds. The Hall–Kier alpha value is -1.92. The van der Waals surface area contributed by atoms with Crippen LogP contribution in [0.3, 0.4) is 0 Å². The predicted octanol–water partition coefficient (Wildman–Crippen LogP) is 2.05. The number of anilines is 1. The van der Waals surface area contributed by atoms with Crippen LogP contribution in [0.15, 0.2) is 28.5 Å². The van der Waals surface area contributed by atoms with Crippen LogP contribution in [0, 0.1) is 5.82 Å². The summed E-state index contributed by atoms with van der Waals surface area (Å²) in [5.74, 6) is -1.57. The Bertz CT molecular complexity index is 985. The first-order valence-corrected chi connectivity index (χ1v) is 11.4. The maximum Gasteiger partial charge on any atom is 0.260 e. The van der Waals surface area contributed by atoms with E-state index in [9.17, 15) is 17.6 Å². The number of halogens is 1. The van der Waals surface area contributed by atoms with Crippen molar-refractivity contribution in [2.24, 2.45) is 0 Å². The third kappa shape index (κ3) is 5.37. The standard InChI is InChI=1S/C18H23FN4O4S2/c1-11-7-23(8-12(2)27-11)9-13-10-28-18(21-13)22-17(24)15-6-14(4-5-16(15)19)29(25,26)20-3/h4-6,10-12,20H,7-9H2,1-3H3,(H,21,22,24). The van der Waals surface area contributed by atoms with Gasteiger partial charge in [0, 0.05) is 25.0 Å². The molecule has 2 N–H and O–H groups in total. The number of carbonyl (C=O) groups excluding carboxylic acids is 1. The monoisotopic (exact) mass is 442 g/mol. The molecule has 1 aromatic carbocycles. The molecular weight excluding hydrogens is 419 g/mol. The average Bonchev–Trinajstić information content (AvgIpc) is 3.07. The predicted molar refractivity (Wildman–Crippen MR) is 108 cm³/mol. The van der Waals surface area contributed by atoms with Gasteiger partial charge in [-0.3, -0.25) is 15.0 Å². The largest absolute Gasteiger partial charge is 0.373 e. The van der Waals surface area contributed by atoms with E-state index in [1.165, 1.54) is 18.4 Å². The van der Waals surface area contributed by atoms with Crippen molar-refractivity contribution in [2.75, 3.05) is 25.5 Å². The number of hydrogen-bond acceptors (Lipinski definition) is 7. The first kappa shape index (κ1) is 21.8. The van der Waals surface area contributed by atoms with Gasteiger partial charge in [0.2, 0.25) is 10.0 Å². The minimum absolute atomic E-state index is 0.140. The fourth-order valence-corrected chi connectivity index (χ4v) is 4.66. The van der Waals surface area contributed by atoms with Crippen molar-refractivity contribution in [3.05, 3.63) is 40.7 Å². The lowest BCUT2D eigenvalue weighted by molar-refractivity contribution is -0.0707. The van der Waals surface area contributed by atoms with E-state index in [0.717, 1.165) is 37.0 Å². The van der Waals surface area contributed by atoms with E-state index in [-0.39, 0.29) is 22.7 Å². The van der Waals surface area contributed by atoms with Crippen molar-refractivity contribution in [3.63, 3.8) is 0 Å². The summed E-state index contributed by atoms with van der Waals surface area (Å²) in [6.07, 6.45) is 0.279. The maximum atomic E-state index is 14.1. The Morgan fingerprint density at radius 1 is 1.34 bits per heavy atom. The van der Waals surface area contributed by atoms with Crippen molar-refractivity contribution in [1.82, 2.24) is 14.6 Å². The van der Waals surface area contributed by atoms with Crippen LogP contribution in [0.4, 0.5) is 9.52 Å². The van der Waals surface area contributed by atoms with Gasteiger partial charge in [-0.15, -0.1) is 11.3 Å². The van der Waals surface area contributed by atoms with E-state index in [4.69, 9.17) is 4.74 Å². The molecule has 2 heterocycles. The number of nitrogens with one attached hydrogen (secondary N) is 2. The minimum Gasteiger partial charge on any atom is -0.373 e. The molecule has 2 atom stereocenters. The molecule has 3 rings (SSSR count). The fraction of sp³-hybridized carbons (Fsp3) is 0.444. The summed E-state index contributed by atoms with van der Waals surface area (Å²) in [5, 5.41) is 4.69. The number of morpholine rings is 1. The highest BCUT2D eigenvalue weighted by molar-refractivity contribution is 7.89. The number of ether oxygens (including phenoxy) is 1. The molecule has 0 radical (unpaired) electrons. The third-order valence-corrected chi connectivity index (χ3v) is 6.63. The number of amides is 1. The van der Waals surface area contributed by atoms with Crippen LogP contribution in [0.5, 0.6) is 0 Å². The van der Waals surface area contributed by atoms with E-state index in [1.807, 2.05) is 19.2 Å². The van der Waals surface area contributed by atoms with Crippen LogP contribution in [0.25, 0.3) is 0 Å². The smallest absolute Gasteiger partial charge is 0.260 e. The van der Waals surface area contributed by atoms with Crippen molar-refractivity contribution in [2.45, 2.75) is 37.5 Å². The summed E-state index contributed by atoms with van der Waals surface area (Å²) in [6, 6.07) is 3.05. The SMILES string of the molecule is CNS(=O)(=O)c1ccc(F)c(C(=O)Nc2nc(CN3CC(C)OC(C)C3)cs2)c1. The van der Waals surface area contributed by atoms with Crippen LogP contribution in [-0.4, -0.2) is 56.6 Å². The molecule has 2 unspecified atom stereocenters. The number of nitrogens with zero attached hydrogens (tertiary/aromatic N) is 2. The lowest BCUT2D eigenvalue weighted by Gasteiger charge is -2.34. The fourth-order valence-electron chi connectivity index (χ4n) is 3.21. The molecule has 11 heteroatoms. The number of rotatable bonds is 6. The van der Waals surface area contributed by atoms with Gasteiger partial charge in [-0.1, -0.05) is 0 Å². The second-order valence-corrected chi connectivity index (χ2v) is 9.64. The van der Waals surface area contributed by atoms with Gasteiger partial charge in [-0.2, -0.15) is 0 Å². The summed E-state index contributed by atoms with van der Waals surface area (Å²) in [6.45, 7) is 6.25. The zero-order valence-corrected chi connectivity index (χ0v) is 17.9. The lowest BCUT2D eigenvalue weighted by atomic mass is 10.2. The zero-order chi connectivity index (χ0) is 21.2. The molecule has 0 aliphatic carbocycles. The molecule has 29 heavy (non-hydrogen) atoms. The van der Waals surface area contributed by atoms with Crippen molar-refractivity contribution < 1.29 is 22.3 Å². The van der Waals surface area contributed by atoms with E-state index < -0.39 is 21.7 Å². The Morgan fingerprint density at radius 2 is 2.03 bits per heavy atom. The molecule has 0 spiro atoms. The van der Waals surface area contributed by atoms with Crippen molar-refractivity contribution in [1.29, 1.82) is 0 Å². The number of sulfonamides is 1. The summed E-state index contributed by atoms with van der Waals surface area (Å²) < 4.78 is 45.7. The van der Waals surface area contributed by atoms with Gasteiger partial charge in [0.05, 0.1) is 28.4 Å². The van der Waals surface area contributed by atoms with Crippen molar-refractivity contribution in [3.8, 4) is 0 Å². The second kappa shape index (κ2) is 8.84. The Labute approximate surface area is 173 Å². The molecule has 0 saturated carbocycles. The number of hydrogen-bond donors (Lipinski definition) is 2. The molecule has 1 aromatic heterocycles. The summed E-state index contributed by atoms with van der Waals surface area (Å²) >= 11 is 1.23. The van der Waals surface area contributed by atoms with E-state index >= 15 is 0 Å². The highest BCUT2D eigenvalue weighted by Crippen LogP contribution is 2.21. The highest BCUT2D eigenvalue weighted by atomic mass is 32.2. The van der Waals surface area contributed by atoms with Gasteiger partial charge in [0.15, 0.2) is 5.13 Å². The summed E-state index contributed by atoms with van der Waals surface area (Å²) in [5.41, 5.74) is 0.424. The number of benzene rings is 1. The third-order valence-electron chi connectivity index (χ3n) is 4.41. The number of aromatic nitrogens is 1. The first-order chi connectivity index (χ1) is 13.7. The zero-order valence-electron chi connectivity index (χ0n) is 16.3. The van der Waals surface area contributed by atoms with Gasteiger partial charge >= 0.3 is 0 Å². The van der Waals surface area contributed by atoms with Gasteiger partial charge in [-0.05, 0) is 39.1 Å². The van der Waals surface area contributed by atoms with Crippen LogP contribution in [-0.2, 0) is 21.3 Å². The Morgan fingerprint density at radius 3 is 2.69 bits per heavy atom. The average molecular weight is 443 g/mol. The molecule has 0 bridgehead atoms. The highest BCUT2D eigenvalue weighted by Gasteiger charge is 2.23. The quantitative estimate of drug-likeness (QED) is 0.710. The number of carbonyl (C=O) groups is 1. The van der Waals surface area contributed by atoms with Gasteiger partial charge in [0.1, 0.15) is 5.82 Å². The topological polar surface area (TPSA) is 101 Å². The molecule has 1 aliphatic heterocycles. The van der Waals surface area contributed by atoms with Gasteiger partial charge in [-0.25, -0.2) is 22.5 Å². The first-order valence-electron chi connectivity index (χ1n) is 9.04. The van der Waals surface area contributed by atoms with Crippen LogP contribution >= 0.6 is 11.3 Å². The van der Waals surface area contributed by atoms with E-state index in [1.54, 1.807) is 0 Å². The summed E-state index contributed by atoms with van der Waals surface area (Å²) in [7, 11) is -2.55. The van der Waals surface area contributed by atoms with E-state index in [0.29, 0.717) is 11.7 Å². The minimum atomic E-state index is -3.79. The van der Waals surface area contributed by atoms with Gasteiger partial charge < -0.3 is 4.74 Å². The number of thiazole rings is 1.